The largest absolute Gasteiger partial charge is 0.311 e. The molecule has 3 rings (SSSR count). The molecule has 2 bridgehead atoms. The first-order chi connectivity index (χ1) is 9.46. The van der Waals surface area contributed by atoms with Crippen molar-refractivity contribution in [3.05, 3.63) is 27.8 Å². The number of benzene rings is 1. The molecule has 0 amide bonds. The first-order valence-electron chi connectivity index (χ1n) is 6.96. The van der Waals surface area contributed by atoms with Crippen molar-refractivity contribution in [3.63, 3.8) is 0 Å². The summed E-state index contributed by atoms with van der Waals surface area (Å²) in [5, 5.41) is 3.55. The lowest BCUT2D eigenvalue weighted by Crippen LogP contribution is -2.48. The van der Waals surface area contributed by atoms with E-state index in [9.17, 15) is 8.42 Å². The van der Waals surface area contributed by atoms with E-state index in [1.54, 1.807) is 23.5 Å². The molecule has 1 aromatic carbocycles. The van der Waals surface area contributed by atoms with Crippen LogP contribution in [0.4, 0.5) is 0 Å². The van der Waals surface area contributed by atoms with Crippen LogP contribution in [-0.4, -0.2) is 37.9 Å². The van der Waals surface area contributed by atoms with E-state index in [1.807, 2.05) is 12.1 Å². The second-order valence-corrected chi connectivity index (χ2v) is 8.98. The van der Waals surface area contributed by atoms with E-state index in [1.165, 1.54) is 12.8 Å². The van der Waals surface area contributed by atoms with Crippen LogP contribution in [0.2, 0.25) is 0 Å². The van der Waals surface area contributed by atoms with Gasteiger partial charge in [-0.25, -0.2) is 8.42 Å². The van der Waals surface area contributed by atoms with Crippen molar-refractivity contribution in [2.24, 2.45) is 0 Å². The molecule has 0 radical (unpaired) electrons. The van der Waals surface area contributed by atoms with Crippen molar-refractivity contribution in [1.29, 1.82) is 0 Å². The lowest BCUT2D eigenvalue weighted by atomic mass is 10.0. The topological polar surface area (TPSA) is 49.4 Å². The van der Waals surface area contributed by atoms with Gasteiger partial charge in [-0.1, -0.05) is 0 Å². The molecule has 2 heterocycles. The molecule has 2 saturated heterocycles. The Balaban J connectivity index is 1.82. The fourth-order valence-electron chi connectivity index (χ4n) is 3.29. The molecule has 1 N–H and O–H groups in total. The number of fused-ring (bicyclic) bond motifs is 2. The molecule has 4 nitrogen and oxygen atoms in total. The maximum atomic E-state index is 12.7. The summed E-state index contributed by atoms with van der Waals surface area (Å²) in [4.78, 5) is 0.395. The maximum Gasteiger partial charge on any atom is 0.243 e. The number of hydrogen-bond acceptors (Lipinski definition) is 3. The third-order valence-corrected chi connectivity index (χ3v) is 7.10. The molecular formula is C14H19IN2O2S. The molecular weight excluding hydrogens is 387 g/mol. The van der Waals surface area contributed by atoms with Crippen molar-refractivity contribution in [2.45, 2.75) is 48.7 Å². The van der Waals surface area contributed by atoms with Gasteiger partial charge in [-0.3, -0.25) is 0 Å². The van der Waals surface area contributed by atoms with Gasteiger partial charge in [-0.2, -0.15) is 4.31 Å². The number of halogens is 1. The fourth-order valence-corrected chi connectivity index (χ4v) is 5.03. The van der Waals surface area contributed by atoms with E-state index >= 15 is 0 Å². The molecule has 0 spiro atoms. The molecule has 2 aliphatic heterocycles. The monoisotopic (exact) mass is 406 g/mol. The average Bonchev–Trinajstić information content (AvgIpc) is 2.77. The van der Waals surface area contributed by atoms with E-state index in [-0.39, 0.29) is 6.04 Å². The molecule has 20 heavy (non-hydrogen) atoms. The molecule has 2 fully saturated rings. The Hall–Kier alpha value is -0.180. The van der Waals surface area contributed by atoms with Crippen LogP contribution < -0.4 is 5.32 Å². The van der Waals surface area contributed by atoms with Gasteiger partial charge < -0.3 is 5.32 Å². The normalized spacial score (nSPS) is 29.9. The Bertz CT molecular complexity index is 576. The molecule has 6 heteroatoms. The van der Waals surface area contributed by atoms with Crippen molar-refractivity contribution < 1.29 is 8.42 Å². The molecule has 110 valence electrons. The molecule has 2 atom stereocenters. The van der Waals surface area contributed by atoms with Crippen LogP contribution in [0.25, 0.3) is 0 Å². The van der Waals surface area contributed by atoms with Gasteiger partial charge in [0.1, 0.15) is 0 Å². The van der Waals surface area contributed by atoms with Gasteiger partial charge >= 0.3 is 0 Å². The van der Waals surface area contributed by atoms with Crippen LogP contribution in [0.1, 0.15) is 25.7 Å². The van der Waals surface area contributed by atoms with Crippen molar-refractivity contribution in [3.8, 4) is 0 Å². The van der Waals surface area contributed by atoms with Crippen LogP contribution in [-0.2, 0) is 10.0 Å². The Morgan fingerprint density at radius 3 is 2.25 bits per heavy atom. The van der Waals surface area contributed by atoms with Gasteiger partial charge in [0.2, 0.25) is 10.0 Å². The van der Waals surface area contributed by atoms with Crippen LogP contribution >= 0.6 is 22.6 Å². The summed E-state index contributed by atoms with van der Waals surface area (Å²) in [7, 11) is -1.65. The van der Waals surface area contributed by atoms with Gasteiger partial charge in [0, 0.05) is 28.7 Å². The summed E-state index contributed by atoms with van der Waals surface area (Å²) in [5.41, 5.74) is 0. The predicted molar refractivity (Wildman–Crippen MR) is 87.1 cm³/mol. The molecule has 1 aromatic rings. The highest BCUT2D eigenvalue weighted by molar-refractivity contribution is 14.1. The van der Waals surface area contributed by atoms with Gasteiger partial charge in [-0.05, 0) is 72.5 Å². The number of piperidine rings is 1. The predicted octanol–water partition coefficient (Wildman–Crippen LogP) is 2.19. The number of hydrogen-bond donors (Lipinski definition) is 1. The first kappa shape index (κ1) is 14.7. The zero-order chi connectivity index (χ0) is 14.3. The van der Waals surface area contributed by atoms with E-state index in [4.69, 9.17) is 0 Å². The van der Waals surface area contributed by atoms with Crippen LogP contribution in [0.5, 0.6) is 0 Å². The minimum absolute atomic E-state index is 0.123. The molecule has 0 aliphatic carbocycles. The summed E-state index contributed by atoms with van der Waals surface area (Å²) in [6.07, 6.45) is 4.21. The minimum atomic E-state index is -3.37. The maximum absolute atomic E-state index is 12.7. The summed E-state index contributed by atoms with van der Waals surface area (Å²) < 4.78 is 28.0. The van der Waals surface area contributed by atoms with E-state index in [2.05, 4.69) is 27.9 Å². The smallest absolute Gasteiger partial charge is 0.243 e. The lowest BCUT2D eigenvalue weighted by molar-refractivity contribution is 0.251. The molecule has 0 saturated carbocycles. The number of sulfonamides is 1. The van der Waals surface area contributed by atoms with Gasteiger partial charge in [0.15, 0.2) is 0 Å². The SMILES string of the molecule is CN(C1CC2CCC(C1)N2)S(=O)(=O)c1ccc(I)cc1. The average molecular weight is 406 g/mol. The quantitative estimate of drug-likeness (QED) is 0.784. The van der Waals surface area contributed by atoms with Crippen LogP contribution in [0, 0.1) is 3.57 Å². The van der Waals surface area contributed by atoms with Crippen molar-refractivity contribution >= 4 is 32.6 Å². The highest BCUT2D eigenvalue weighted by atomic mass is 127. The van der Waals surface area contributed by atoms with Gasteiger partial charge in [0.05, 0.1) is 4.90 Å². The Labute approximate surface area is 134 Å². The summed E-state index contributed by atoms with van der Waals surface area (Å²) in [5.74, 6) is 0. The third-order valence-electron chi connectivity index (χ3n) is 4.45. The highest BCUT2D eigenvalue weighted by Crippen LogP contribution is 2.31. The highest BCUT2D eigenvalue weighted by Gasteiger charge is 2.38. The van der Waals surface area contributed by atoms with Gasteiger partial charge in [0.25, 0.3) is 0 Å². The summed E-state index contributed by atoms with van der Waals surface area (Å²) in [6, 6.07) is 8.19. The van der Waals surface area contributed by atoms with E-state index < -0.39 is 10.0 Å². The molecule has 2 unspecified atom stereocenters. The lowest BCUT2D eigenvalue weighted by Gasteiger charge is -2.34. The van der Waals surface area contributed by atoms with Crippen molar-refractivity contribution in [2.75, 3.05) is 7.05 Å². The van der Waals surface area contributed by atoms with Crippen LogP contribution in [0.3, 0.4) is 0 Å². The fraction of sp³-hybridized carbons (Fsp3) is 0.571. The zero-order valence-corrected chi connectivity index (χ0v) is 14.4. The number of nitrogens with one attached hydrogen (secondary N) is 1. The van der Waals surface area contributed by atoms with E-state index in [0.29, 0.717) is 17.0 Å². The summed E-state index contributed by atoms with van der Waals surface area (Å²) in [6.45, 7) is 0. The Morgan fingerprint density at radius 2 is 1.70 bits per heavy atom. The number of rotatable bonds is 3. The molecule has 0 aromatic heterocycles. The van der Waals surface area contributed by atoms with E-state index in [0.717, 1.165) is 16.4 Å². The standard InChI is InChI=1S/C14H19IN2O2S/c1-17(13-8-11-4-5-12(9-13)16-11)20(18,19)14-6-2-10(15)3-7-14/h2-3,6-7,11-13,16H,4-5,8-9H2,1H3. The van der Waals surface area contributed by atoms with Crippen molar-refractivity contribution in [1.82, 2.24) is 9.62 Å². The second kappa shape index (κ2) is 5.55. The Kier molecular flexibility index (Phi) is 4.09. The zero-order valence-electron chi connectivity index (χ0n) is 11.4. The second-order valence-electron chi connectivity index (χ2n) is 5.74. The third kappa shape index (κ3) is 2.75. The minimum Gasteiger partial charge on any atom is -0.311 e. The molecule has 2 aliphatic rings. The first-order valence-corrected chi connectivity index (χ1v) is 9.48. The van der Waals surface area contributed by atoms with Gasteiger partial charge in [-0.15, -0.1) is 0 Å². The Morgan fingerprint density at radius 1 is 1.15 bits per heavy atom. The number of nitrogens with zero attached hydrogens (tertiary/aromatic N) is 1. The summed E-state index contributed by atoms with van der Waals surface area (Å²) >= 11 is 2.18. The van der Waals surface area contributed by atoms with Crippen LogP contribution in [0.15, 0.2) is 29.2 Å².